The van der Waals surface area contributed by atoms with E-state index in [4.69, 9.17) is 0 Å². The molecule has 1 fully saturated rings. The Kier molecular flexibility index (Phi) is 5.50. The first-order chi connectivity index (χ1) is 14.3. The maximum Gasteiger partial charge on any atom is 0.419 e. The molecular weight excluding hydrogens is 397 g/mol. The van der Waals surface area contributed by atoms with Crippen molar-refractivity contribution in [3.05, 3.63) is 35.3 Å². The number of alkyl halides is 3. The number of rotatable bonds is 3. The van der Waals surface area contributed by atoms with Crippen LogP contribution >= 0.6 is 0 Å². The zero-order chi connectivity index (χ0) is 21.3. The van der Waals surface area contributed by atoms with E-state index in [-0.39, 0.29) is 34.8 Å². The number of halogens is 3. The van der Waals surface area contributed by atoms with Gasteiger partial charge in [-0.3, -0.25) is 4.79 Å². The third-order valence-electron chi connectivity index (χ3n) is 5.38. The quantitative estimate of drug-likeness (QED) is 0.710. The average Bonchev–Trinajstić information content (AvgIpc) is 3.12. The number of aromatic amines is 1. The molecule has 7 nitrogen and oxygen atoms in total. The van der Waals surface area contributed by atoms with Crippen molar-refractivity contribution in [2.45, 2.75) is 31.5 Å². The number of hydrogen-bond donors (Lipinski definition) is 3. The molecule has 30 heavy (non-hydrogen) atoms. The lowest BCUT2D eigenvalue weighted by Crippen LogP contribution is -2.38. The van der Waals surface area contributed by atoms with Crippen LogP contribution < -0.4 is 10.6 Å². The normalized spacial score (nSPS) is 21.0. The van der Waals surface area contributed by atoms with Crippen LogP contribution in [0.5, 0.6) is 0 Å². The molecule has 0 radical (unpaired) electrons. The molecule has 2 aromatic heterocycles. The van der Waals surface area contributed by atoms with Crippen LogP contribution in [0, 0.1) is 0 Å². The predicted octanol–water partition coefficient (Wildman–Crippen LogP) is 3.14. The van der Waals surface area contributed by atoms with Crippen LogP contribution in [0.3, 0.4) is 0 Å². The maximum atomic E-state index is 13.7. The molecular formula is C20H23F3N6O. The van der Waals surface area contributed by atoms with Gasteiger partial charge in [0.2, 0.25) is 5.95 Å². The summed E-state index contributed by atoms with van der Waals surface area (Å²) in [5, 5.41) is 6.37. The third kappa shape index (κ3) is 4.04. The first-order valence-corrected chi connectivity index (χ1v) is 9.90. The van der Waals surface area contributed by atoms with Gasteiger partial charge in [0.05, 0.1) is 5.69 Å². The standard InChI is InChI=1S/C20H23F3N6O/c1-29-8-3-2-6-13-14(10-25-17(13)18(29)30)16-15(20(21,22)23)11-26-19(28-16)27-12-5-4-7-24-9-12/h2,6,10-12,24-25H,3-5,7-9H2,1H3,(H,26,27,28)/b6-2-/t12-/m0/s1. The molecule has 0 unspecified atom stereocenters. The Morgan fingerprint density at radius 2 is 2.17 bits per heavy atom. The summed E-state index contributed by atoms with van der Waals surface area (Å²) in [4.78, 5) is 25.2. The summed E-state index contributed by atoms with van der Waals surface area (Å²) in [5.41, 5.74) is -0.304. The van der Waals surface area contributed by atoms with Crippen LogP contribution in [0.25, 0.3) is 17.3 Å². The predicted molar refractivity (Wildman–Crippen MR) is 107 cm³/mol. The van der Waals surface area contributed by atoms with Gasteiger partial charge in [0.15, 0.2) is 0 Å². The van der Waals surface area contributed by atoms with Crippen LogP contribution in [0.2, 0.25) is 0 Å². The maximum absolute atomic E-state index is 13.7. The van der Waals surface area contributed by atoms with Gasteiger partial charge in [0.1, 0.15) is 11.3 Å². The van der Waals surface area contributed by atoms with E-state index in [0.717, 1.165) is 25.6 Å². The van der Waals surface area contributed by atoms with Crippen molar-refractivity contribution in [2.24, 2.45) is 0 Å². The molecule has 0 aliphatic carbocycles. The van der Waals surface area contributed by atoms with E-state index in [1.54, 1.807) is 13.1 Å². The number of piperidine rings is 1. The highest BCUT2D eigenvalue weighted by molar-refractivity contribution is 5.99. The number of fused-ring (bicyclic) bond motifs is 1. The molecule has 1 saturated heterocycles. The van der Waals surface area contributed by atoms with Gasteiger partial charge in [-0.25, -0.2) is 9.97 Å². The number of amides is 1. The first kappa shape index (κ1) is 20.4. The fourth-order valence-electron chi connectivity index (χ4n) is 3.76. The van der Waals surface area contributed by atoms with E-state index in [1.807, 2.05) is 6.08 Å². The molecule has 1 amide bonds. The number of carbonyl (C=O) groups is 1. The van der Waals surface area contributed by atoms with Crippen molar-refractivity contribution in [1.29, 1.82) is 0 Å². The zero-order valence-corrected chi connectivity index (χ0v) is 16.5. The van der Waals surface area contributed by atoms with Crippen LogP contribution in [0.1, 0.15) is 40.9 Å². The van der Waals surface area contributed by atoms with Gasteiger partial charge in [-0.15, -0.1) is 0 Å². The minimum atomic E-state index is -4.63. The molecule has 4 rings (SSSR count). The van der Waals surface area contributed by atoms with E-state index >= 15 is 0 Å². The van der Waals surface area contributed by atoms with Crippen LogP contribution in [-0.2, 0) is 6.18 Å². The second-order valence-corrected chi connectivity index (χ2v) is 7.55. The Morgan fingerprint density at radius 3 is 2.90 bits per heavy atom. The minimum Gasteiger partial charge on any atom is -0.356 e. The van der Waals surface area contributed by atoms with Gasteiger partial charge in [-0.05, 0) is 25.8 Å². The Bertz CT molecular complexity index is 962. The van der Waals surface area contributed by atoms with Crippen molar-refractivity contribution in [3.8, 4) is 11.3 Å². The number of nitrogens with one attached hydrogen (secondary N) is 3. The van der Waals surface area contributed by atoms with Crippen LogP contribution in [0.4, 0.5) is 19.1 Å². The minimum absolute atomic E-state index is 0.0466. The Hall–Kier alpha value is -2.88. The lowest BCUT2D eigenvalue weighted by atomic mass is 10.0. The molecule has 3 N–H and O–H groups in total. The molecule has 0 spiro atoms. The molecule has 2 aliphatic heterocycles. The van der Waals surface area contributed by atoms with Crippen molar-refractivity contribution in [2.75, 3.05) is 32.0 Å². The number of aromatic nitrogens is 3. The summed E-state index contributed by atoms with van der Waals surface area (Å²) in [5.74, 6) is -0.130. The highest BCUT2D eigenvalue weighted by Gasteiger charge is 2.37. The molecule has 1 atom stereocenters. The van der Waals surface area contributed by atoms with Crippen molar-refractivity contribution >= 4 is 17.9 Å². The Balaban J connectivity index is 1.79. The van der Waals surface area contributed by atoms with E-state index in [2.05, 4.69) is 25.6 Å². The summed E-state index contributed by atoms with van der Waals surface area (Å²) in [6.45, 7) is 2.15. The first-order valence-electron chi connectivity index (χ1n) is 9.90. The molecule has 0 saturated carbocycles. The summed E-state index contributed by atoms with van der Waals surface area (Å²) >= 11 is 0. The number of carbonyl (C=O) groups excluding carboxylic acids is 1. The molecule has 0 bridgehead atoms. The number of hydrogen-bond acceptors (Lipinski definition) is 5. The largest absolute Gasteiger partial charge is 0.419 e. The summed E-state index contributed by atoms with van der Waals surface area (Å²) in [6.07, 6.45) is 3.59. The second kappa shape index (κ2) is 8.10. The Labute approximate surface area is 171 Å². The van der Waals surface area contributed by atoms with Gasteiger partial charge >= 0.3 is 6.18 Å². The molecule has 2 aliphatic rings. The fourth-order valence-corrected chi connectivity index (χ4v) is 3.76. The summed E-state index contributed by atoms with van der Waals surface area (Å²) in [6, 6.07) is 0.0466. The molecule has 0 aromatic carbocycles. The lowest BCUT2D eigenvalue weighted by molar-refractivity contribution is -0.137. The monoisotopic (exact) mass is 420 g/mol. The topological polar surface area (TPSA) is 85.9 Å². The molecule has 2 aromatic rings. The Morgan fingerprint density at radius 1 is 1.33 bits per heavy atom. The zero-order valence-electron chi connectivity index (χ0n) is 16.5. The number of H-pyrrole nitrogens is 1. The van der Waals surface area contributed by atoms with Gasteiger partial charge in [0.25, 0.3) is 5.91 Å². The number of nitrogens with zero attached hydrogens (tertiary/aromatic N) is 3. The van der Waals surface area contributed by atoms with Crippen molar-refractivity contribution in [1.82, 2.24) is 25.2 Å². The van der Waals surface area contributed by atoms with Crippen molar-refractivity contribution < 1.29 is 18.0 Å². The molecule has 160 valence electrons. The van der Waals surface area contributed by atoms with Crippen LogP contribution in [0.15, 0.2) is 18.5 Å². The second-order valence-electron chi connectivity index (χ2n) is 7.55. The molecule has 10 heteroatoms. The van der Waals surface area contributed by atoms with E-state index in [0.29, 0.717) is 25.1 Å². The lowest BCUT2D eigenvalue weighted by Gasteiger charge is -2.24. The summed E-state index contributed by atoms with van der Waals surface area (Å²) < 4.78 is 41.2. The van der Waals surface area contributed by atoms with Gasteiger partial charge < -0.3 is 20.5 Å². The third-order valence-corrected chi connectivity index (χ3v) is 5.38. The van der Waals surface area contributed by atoms with E-state index < -0.39 is 11.7 Å². The summed E-state index contributed by atoms with van der Waals surface area (Å²) in [7, 11) is 1.66. The van der Waals surface area contributed by atoms with Crippen molar-refractivity contribution in [3.63, 3.8) is 0 Å². The SMILES string of the molecule is CN1CC/C=C\c2c(-c3nc(N[C@H]4CCCNC4)ncc3C(F)(F)F)c[nH]c2C1=O. The molecule has 4 heterocycles. The van der Waals surface area contributed by atoms with Crippen LogP contribution in [-0.4, -0.2) is 58.5 Å². The van der Waals surface area contributed by atoms with Gasteiger partial charge in [-0.2, -0.15) is 13.2 Å². The van der Waals surface area contributed by atoms with Gasteiger partial charge in [-0.1, -0.05) is 12.2 Å². The van der Waals surface area contributed by atoms with E-state index in [1.165, 1.54) is 11.1 Å². The highest BCUT2D eigenvalue weighted by Crippen LogP contribution is 2.38. The van der Waals surface area contributed by atoms with Gasteiger partial charge in [0, 0.05) is 49.7 Å². The van der Waals surface area contributed by atoms with E-state index in [9.17, 15) is 18.0 Å². The average molecular weight is 420 g/mol. The smallest absolute Gasteiger partial charge is 0.356 e. The highest BCUT2D eigenvalue weighted by atomic mass is 19.4. The fraction of sp³-hybridized carbons (Fsp3) is 0.450. The number of anilines is 1.